The van der Waals surface area contributed by atoms with Crippen LogP contribution in [-0.4, -0.2) is 28.2 Å². The van der Waals surface area contributed by atoms with Gasteiger partial charge in [0.05, 0.1) is 0 Å². The van der Waals surface area contributed by atoms with Crippen molar-refractivity contribution in [2.45, 2.75) is 13.2 Å². The van der Waals surface area contributed by atoms with Crippen LogP contribution in [0.1, 0.15) is 17.3 Å². The molecule has 0 aliphatic heterocycles. The fourth-order valence-electron chi connectivity index (χ4n) is 1.10. The lowest BCUT2D eigenvalue weighted by Gasteiger charge is -2.05. The summed E-state index contributed by atoms with van der Waals surface area (Å²) in [6.45, 7) is 1.34. The number of hydrogen-bond donors (Lipinski definition) is 3. The number of aliphatic hydroxyl groups is 2. The lowest BCUT2D eigenvalue weighted by atomic mass is 10.1. The second-order valence-corrected chi connectivity index (χ2v) is 3.00. The Labute approximate surface area is 86.4 Å². The molecule has 5 nitrogen and oxygen atoms in total. The van der Waals surface area contributed by atoms with Gasteiger partial charge in [0.15, 0.2) is 0 Å². The van der Waals surface area contributed by atoms with Crippen molar-refractivity contribution in [3.05, 3.63) is 29.8 Å². The standard InChI is InChI=1S/C10H11NO4/c1-6(12)11-8-4-2-3-7(5-8)9(13)10(14)15/h2-5,10,14-15H,1H3,(H,11,12). The number of nitrogens with one attached hydrogen (secondary N) is 1. The molecule has 0 aliphatic carbocycles. The van der Waals surface area contributed by atoms with Crippen molar-refractivity contribution < 1.29 is 19.8 Å². The molecule has 0 heterocycles. The highest BCUT2D eigenvalue weighted by molar-refractivity contribution is 5.99. The van der Waals surface area contributed by atoms with Crippen molar-refractivity contribution in [2.75, 3.05) is 5.32 Å². The molecule has 0 aromatic heterocycles. The molecule has 5 heteroatoms. The number of amides is 1. The summed E-state index contributed by atoms with van der Waals surface area (Å²) in [5, 5.41) is 19.8. The first-order valence-electron chi connectivity index (χ1n) is 4.28. The van der Waals surface area contributed by atoms with E-state index in [1.165, 1.54) is 19.1 Å². The van der Waals surface area contributed by atoms with Crippen molar-refractivity contribution in [1.29, 1.82) is 0 Å². The van der Waals surface area contributed by atoms with E-state index in [4.69, 9.17) is 10.2 Å². The van der Waals surface area contributed by atoms with Crippen LogP contribution in [0.3, 0.4) is 0 Å². The third-order valence-electron chi connectivity index (χ3n) is 1.70. The number of carbonyl (C=O) groups excluding carboxylic acids is 2. The molecule has 0 spiro atoms. The minimum Gasteiger partial charge on any atom is -0.362 e. The largest absolute Gasteiger partial charge is 0.362 e. The molecule has 0 bridgehead atoms. The molecule has 0 saturated carbocycles. The Morgan fingerprint density at radius 2 is 2.00 bits per heavy atom. The molecule has 0 aliphatic rings. The summed E-state index contributed by atoms with van der Waals surface area (Å²) in [6, 6.07) is 5.96. The summed E-state index contributed by atoms with van der Waals surface area (Å²) in [5.74, 6) is -1.06. The first kappa shape index (κ1) is 11.4. The summed E-state index contributed by atoms with van der Waals surface area (Å²) < 4.78 is 0. The zero-order chi connectivity index (χ0) is 11.4. The van der Waals surface area contributed by atoms with Crippen LogP contribution < -0.4 is 5.32 Å². The smallest absolute Gasteiger partial charge is 0.221 e. The number of rotatable bonds is 3. The quantitative estimate of drug-likeness (QED) is 0.488. The Morgan fingerprint density at radius 3 is 2.53 bits per heavy atom. The SMILES string of the molecule is CC(=O)Nc1cccc(C(=O)C(O)O)c1. The normalized spacial score (nSPS) is 10.1. The Morgan fingerprint density at radius 1 is 1.33 bits per heavy atom. The van der Waals surface area contributed by atoms with Gasteiger partial charge in [-0.3, -0.25) is 9.59 Å². The van der Waals surface area contributed by atoms with Gasteiger partial charge < -0.3 is 15.5 Å². The molecule has 1 aromatic carbocycles. The van der Waals surface area contributed by atoms with Crippen molar-refractivity contribution in [2.24, 2.45) is 0 Å². The molecule has 0 saturated heterocycles. The lowest BCUT2D eigenvalue weighted by Crippen LogP contribution is -2.19. The van der Waals surface area contributed by atoms with E-state index in [1.54, 1.807) is 12.1 Å². The summed E-state index contributed by atoms with van der Waals surface area (Å²) in [5.41, 5.74) is 0.574. The van der Waals surface area contributed by atoms with Crippen LogP contribution in [0, 0.1) is 0 Å². The number of anilines is 1. The zero-order valence-corrected chi connectivity index (χ0v) is 8.10. The Balaban J connectivity index is 2.92. The molecule has 1 amide bonds. The molecule has 1 aromatic rings. The predicted molar refractivity (Wildman–Crippen MR) is 53.3 cm³/mol. The molecule has 0 unspecified atom stereocenters. The summed E-state index contributed by atoms with van der Waals surface area (Å²) in [6.07, 6.45) is -2.03. The van der Waals surface area contributed by atoms with E-state index in [9.17, 15) is 9.59 Å². The molecule has 80 valence electrons. The van der Waals surface area contributed by atoms with E-state index in [2.05, 4.69) is 5.32 Å². The third-order valence-corrected chi connectivity index (χ3v) is 1.70. The van der Waals surface area contributed by atoms with E-state index < -0.39 is 12.1 Å². The van der Waals surface area contributed by atoms with Crippen LogP contribution in [0.4, 0.5) is 5.69 Å². The van der Waals surface area contributed by atoms with E-state index in [0.717, 1.165) is 0 Å². The predicted octanol–water partition coefficient (Wildman–Crippen LogP) is 0.138. The second-order valence-electron chi connectivity index (χ2n) is 3.00. The van der Waals surface area contributed by atoms with Gasteiger partial charge in [-0.15, -0.1) is 0 Å². The minimum absolute atomic E-state index is 0.135. The van der Waals surface area contributed by atoms with Crippen molar-refractivity contribution in [3.8, 4) is 0 Å². The minimum atomic E-state index is -2.03. The fourth-order valence-corrected chi connectivity index (χ4v) is 1.10. The Hall–Kier alpha value is -1.72. The van der Waals surface area contributed by atoms with E-state index in [1.807, 2.05) is 0 Å². The molecule has 0 fully saturated rings. The first-order chi connectivity index (χ1) is 7.00. The van der Waals surface area contributed by atoms with E-state index >= 15 is 0 Å². The van der Waals surface area contributed by atoms with E-state index in [-0.39, 0.29) is 11.5 Å². The number of aliphatic hydroxyl groups excluding tert-OH is 1. The van der Waals surface area contributed by atoms with Gasteiger partial charge in [-0.05, 0) is 12.1 Å². The summed E-state index contributed by atoms with van der Waals surface area (Å²) in [4.78, 5) is 21.9. The first-order valence-corrected chi connectivity index (χ1v) is 4.28. The monoisotopic (exact) mass is 209 g/mol. The second kappa shape index (κ2) is 4.68. The van der Waals surface area contributed by atoms with E-state index in [0.29, 0.717) is 5.69 Å². The number of hydrogen-bond acceptors (Lipinski definition) is 4. The summed E-state index contributed by atoms with van der Waals surface area (Å²) in [7, 11) is 0. The van der Waals surface area contributed by atoms with Crippen LogP contribution in [0.2, 0.25) is 0 Å². The molecule has 0 radical (unpaired) electrons. The van der Waals surface area contributed by atoms with Gasteiger partial charge in [0, 0.05) is 18.2 Å². The Kier molecular flexibility index (Phi) is 3.54. The average Bonchev–Trinajstić information content (AvgIpc) is 2.16. The number of benzene rings is 1. The highest BCUT2D eigenvalue weighted by atomic mass is 16.5. The van der Waals surface area contributed by atoms with Gasteiger partial charge >= 0.3 is 0 Å². The number of carbonyl (C=O) groups is 2. The highest BCUT2D eigenvalue weighted by Crippen LogP contribution is 2.11. The van der Waals surface area contributed by atoms with Gasteiger partial charge in [0.1, 0.15) is 0 Å². The fraction of sp³-hybridized carbons (Fsp3) is 0.200. The van der Waals surface area contributed by atoms with Gasteiger partial charge in [0.25, 0.3) is 0 Å². The third kappa shape index (κ3) is 3.16. The van der Waals surface area contributed by atoms with Gasteiger partial charge in [-0.1, -0.05) is 12.1 Å². The zero-order valence-electron chi connectivity index (χ0n) is 8.10. The maximum atomic E-state index is 11.2. The Bertz CT molecular complexity index is 387. The molecule has 15 heavy (non-hydrogen) atoms. The maximum absolute atomic E-state index is 11.2. The average molecular weight is 209 g/mol. The molecule has 1 rings (SSSR count). The maximum Gasteiger partial charge on any atom is 0.221 e. The van der Waals surface area contributed by atoms with Crippen molar-refractivity contribution >= 4 is 17.4 Å². The van der Waals surface area contributed by atoms with Gasteiger partial charge in [-0.2, -0.15) is 0 Å². The van der Waals surface area contributed by atoms with Crippen molar-refractivity contribution in [1.82, 2.24) is 0 Å². The highest BCUT2D eigenvalue weighted by Gasteiger charge is 2.13. The summed E-state index contributed by atoms with van der Waals surface area (Å²) >= 11 is 0. The number of ketones is 1. The van der Waals surface area contributed by atoms with Gasteiger partial charge in [0.2, 0.25) is 18.0 Å². The molecule has 0 atom stereocenters. The molecule has 3 N–H and O–H groups in total. The topological polar surface area (TPSA) is 86.6 Å². The van der Waals surface area contributed by atoms with Crippen molar-refractivity contribution in [3.63, 3.8) is 0 Å². The molecular formula is C10H11NO4. The van der Waals surface area contributed by atoms with Gasteiger partial charge in [-0.25, -0.2) is 0 Å². The van der Waals surface area contributed by atoms with Crippen LogP contribution in [-0.2, 0) is 4.79 Å². The van der Waals surface area contributed by atoms with Crippen LogP contribution in [0.15, 0.2) is 24.3 Å². The lowest BCUT2D eigenvalue weighted by molar-refractivity contribution is -0.114. The number of Topliss-reactive ketones (excluding diaryl/α,β-unsaturated/α-hetero) is 1. The van der Waals surface area contributed by atoms with Crippen LogP contribution >= 0.6 is 0 Å². The van der Waals surface area contributed by atoms with Crippen LogP contribution in [0.5, 0.6) is 0 Å². The van der Waals surface area contributed by atoms with Crippen LogP contribution in [0.25, 0.3) is 0 Å². The molecular weight excluding hydrogens is 198 g/mol.